The van der Waals surface area contributed by atoms with Crippen molar-refractivity contribution in [3.63, 3.8) is 0 Å². The zero-order chi connectivity index (χ0) is 9.28. The maximum atomic E-state index is 10.1. The maximum Gasteiger partial charge on any atom is 0.306 e. The highest BCUT2D eigenvalue weighted by atomic mass is 35.5. The number of esters is 1. The van der Waals surface area contributed by atoms with Crippen LogP contribution in [0.1, 0.15) is 20.3 Å². The summed E-state index contributed by atoms with van der Waals surface area (Å²) in [6.07, 6.45) is 0.396. The number of carbonyl (C=O) groups excluding carboxylic acids is 1. The average molecular weight is 183 g/mol. The standard InChI is InChI=1S/C4H7ClO2.C2H4O2/c1-2-4(6)7-3-5;1-2(3)4/h2-3H2,1H3;1H3,(H,3,4). The molecule has 11 heavy (non-hydrogen) atoms. The molecule has 0 aromatic rings. The average Bonchev–Trinajstić information content (AvgIpc) is 1.87. The van der Waals surface area contributed by atoms with E-state index in [9.17, 15) is 4.79 Å². The molecule has 0 aliphatic heterocycles. The second kappa shape index (κ2) is 9.23. The number of ether oxygens (including phenoxy) is 1. The van der Waals surface area contributed by atoms with Gasteiger partial charge in [-0.1, -0.05) is 18.5 Å². The highest BCUT2D eigenvalue weighted by Gasteiger charge is 1.92. The Morgan fingerprint density at radius 1 is 1.55 bits per heavy atom. The summed E-state index contributed by atoms with van der Waals surface area (Å²) in [4.78, 5) is 19.1. The fourth-order valence-electron chi connectivity index (χ4n) is 0.163. The first kappa shape index (κ1) is 12.9. The van der Waals surface area contributed by atoms with Crippen LogP contribution in [0.3, 0.4) is 0 Å². The molecule has 0 aliphatic rings. The minimum atomic E-state index is -0.833. The number of rotatable bonds is 2. The summed E-state index contributed by atoms with van der Waals surface area (Å²) in [6, 6.07) is -0.0350. The van der Waals surface area contributed by atoms with Crippen LogP contribution < -0.4 is 0 Å². The second-order valence-electron chi connectivity index (χ2n) is 1.50. The smallest absolute Gasteiger partial charge is 0.306 e. The highest BCUT2D eigenvalue weighted by Crippen LogP contribution is 1.84. The SMILES string of the molecule is CC(=O)O.CCC(=O)OCCl. The minimum absolute atomic E-state index is 0.0350. The van der Waals surface area contributed by atoms with Gasteiger partial charge < -0.3 is 9.84 Å². The molecule has 5 heteroatoms. The van der Waals surface area contributed by atoms with E-state index >= 15 is 0 Å². The lowest BCUT2D eigenvalue weighted by Gasteiger charge is -1.92. The molecule has 0 heterocycles. The molecule has 0 aromatic carbocycles. The van der Waals surface area contributed by atoms with Gasteiger partial charge in [-0.2, -0.15) is 0 Å². The number of hydrogen-bond acceptors (Lipinski definition) is 3. The molecule has 0 saturated carbocycles. The normalized spacial score (nSPS) is 7.55. The molecular weight excluding hydrogens is 172 g/mol. The summed E-state index contributed by atoms with van der Waals surface area (Å²) >= 11 is 5.03. The molecule has 0 atom stereocenters. The first-order valence-electron chi connectivity index (χ1n) is 2.95. The van der Waals surface area contributed by atoms with Crippen molar-refractivity contribution in [1.82, 2.24) is 0 Å². The lowest BCUT2D eigenvalue weighted by molar-refractivity contribution is -0.141. The number of aliphatic carboxylic acids is 1. The van der Waals surface area contributed by atoms with Crippen molar-refractivity contribution >= 4 is 23.5 Å². The van der Waals surface area contributed by atoms with Gasteiger partial charge in [0.05, 0.1) is 0 Å². The molecule has 0 spiro atoms. The minimum Gasteiger partial charge on any atom is -0.481 e. The summed E-state index contributed by atoms with van der Waals surface area (Å²) in [5.74, 6) is -1.09. The first-order chi connectivity index (χ1) is 5.04. The van der Waals surface area contributed by atoms with E-state index in [1.54, 1.807) is 6.92 Å². The molecule has 0 aromatic heterocycles. The highest BCUT2D eigenvalue weighted by molar-refractivity contribution is 6.17. The van der Waals surface area contributed by atoms with Crippen LogP contribution >= 0.6 is 11.6 Å². The molecule has 0 radical (unpaired) electrons. The number of hydrogen-bond donors (Lipinski definition) is 1. The van der Waals surface area contributed by atoms with Gasteiger partial charge in [-0.15, -0.1) is 0 Å². The quantitative estimate of drug-likeness (QED) is 0.515. The van der Waals surface area contributed by atoms with Crippen LogP contribution in [-0.4, -0.2) is 23.1 Å². The van der Waals surface area contributed by atoms with E-state index in [2.05, 4.69) is 4.74 Å². The topological polar surface area (TPSA) is 63.6 Å². The maximum absolute atomic E-state index is 10.1. The Morgan fingerprint density at radius 3 is 2.00 bits per heavy atom. The van der Waals surface area contributed by atoms with E-state index in [0.29, 0.717) is 6.42 Å². The van der Waals surface area contributed by atoms with E-state index in [0.717, 1.165) is 6.92 Å². The van der Waals surface area contributed by atoms with Gasteiger partial charge in [-0.3, -0.25) is 9.59 Å². The molecule has 4 nitrogen and oxygen atoms in total. The molecule has 0 fully saturated rings. The third-order valence-corrected chi connectivity index (χ3v) is 0.613. The van der Waals surface area contributed by atoms with E-state index in [1.807, 2.05) is 0 Å². The van der Waals surface area contributed by atoms with Gasteiger partial charge in [0.25, 0.3) is 5.97 Å². The zero-order valence-corrected chi connectivity index (χ0v) is 7.22. The summed E-state index contributed by atoms with van der Waals surface area (Å²) < 4.78 is 4.32. The van der Waals surface area contributed by atoms with Crippen molar-refractivity contribution in [3.05, 3.63) is 0 Å². The number of carboxylic acid groups (broad SMARTS) is 1. The molecule has 66 valence electrons. The molecular formula is C6H11ClO4. The Balaban J connectivity index is 0. The van der Waals surface area contributed by atoms with Crippen molar-refractivity contribution < 1.29 is 19.4 Å². The van der Waals surface area contributed by atoms with E-state index in [-0.39, 0.29) is 12.0 Å². The van der Waals surface area contributed by atoms with Crippen molar-refractivity contribution in [2.75, 3.05) is 6.07 Å². The molecule has 0 saturated heterocycles. The lowest BCUT2D eigenvalue weighted by Crippen LogP contribution is -1.98. The van der Waals surface area contributed by atoms with Crippen molar-refractivity contribution in [2.24, 2.45) is 0 Å². The Hall–Kier alpha value is -0.770. The van der Waals surface area contributed by atoms with Crippen LogP contribution in [-0.2, 0) is 14.3 Å². The molecule has 0 aliphatic carbocycles. The monoisotopic (exact) mass is 182 g/mol. The van der Waals surface area contributed by atoms with Gasteiger partial charge >= 0.3 is 5.97 Å². The van der Waals surface area contributed by atoms with Crippen LogP contribution in [0.4, 0.5) is 0 Å². The Labute approximate surface area is 70.1 Å². The van der Waals surface area contributed by atoms with Gasteiger partial charge in [-0.05, 0) is 0 Å². The Kier molecular flexibility index (Phi) is 10.8. The predicted octanol–water partition coefficient (Wildman–Crippen LogP) is 1.23. The van der Waals surface area contributed by atoms with Crippen molar-refractivity contribution in [1.29, 1.82) is 0 Å². The molecule has 0 unspecified atom stereocenters. The van der Waals surface area contributed by atoms with Gasteiger partial charge in [-0.25, -0.2) is 0 Å². The lowest BCUT2D eigenvalue weighted by atomic mass is 10.5. The van der Waals surface area contributed by atoms with Crippen LogP contribution in [0.5, 0.6) is 0 Å². The van der Waals surface area contributed by atoms with Crippen LogP contribution in [0.2, 0.25) is 0 Å². The number of carboxylic acids is 1. The van der Waals surface area contributed by atoms with Gasteiger partial charge in [0.1, 0.15) is 0 Å². The third-order valence-electron chi connectivity index (χ3n) is 0.504. The Bertz CT molecular complexity index is 120. The fraction of sp³-hybridized carbons (Fsp3) is 0.667. The summed E-state index contributed by atoms with van der Waals surface area (Å²) in [6.45, 7) is 2.80. The van der Waals surface area contributed by atoms with Crippen molar-refractivity contribution in [2.45, 2.75) is 20.3 Å². The number of carbonyl (C=O) groups is 2. The second-order valence-corrected chi connectivity index (χ2v) is 1.72. The fourth-order valence-corrected chi connectivity index (χ4v) is 0.285. The summed E-state index contributed by atoms with van der Waals surface area (Å²) in [5, 5.41) is 7.42. The first-order valence-corrected chi connectivity index (χ1v) is 3.49. The van der Waals surface area contributed by atoms with Gasteiger partial charge in [0, 0.05) is 13.3 Å². The molecule has 1 N–H and O–H groups in total. The zero-order valence-electron chi connectivity index (χ0n) is 6.46. The van der Waals surface area contributed by atoms with E-state index < -0.39 is 5.97 Å². The van der Waals surface area contributed by atoms with Crippen LogP contribution in [0, 0.1) is 0 Å². The predicted molar refractivity (Wildman–Crippen MR) is 40.4 cm³/mol. The molecule has 0 bridgehead atoms. The summed E-state index contributed by atoms with van der Waals surface area (Å²) in [5.41, 5.74) is 0. The number of halogens is 1. The largest absolute Gasteiger partial charge is 0.481 e. The third kappa shape index (κ3) is 27.0. The Morgan fingerprint density at radius 2 is 1.91 bits per heavy atom. The molecule has 0 rings (SSSR count). The number of alkyl halides is 1. The molecule has 0 amide bonds. The summed E-state index contributed by atoms with van der Waals surface area (Å²) in [7, 11) is 0. The van der Waals surface area contributed by atoms with E-state index in [4.69, 9.17) is 21.5 Å². The van der Waals surface area contributed by atoms with Gasteiger partial charge in [0.15, 0.2) is 6.07 Å². The van der Waals surface area contributed by atoms with Crippen LogP contribution in [0.25, 0.3) is 0 Å². The van der Waals surface area contributed by atoms with Crippen molar-refractivity contribution in [3.8, 4) is 0 Å². The van der Waals surface area contributed by atoms with E-state index in [1.165, 1.54) is 0 Å². The van der Waals surface area contributed by atoms with Gasteiger partial charge in [0.2, 0.25) is 0 Å². The van der Waals surface area contributed by atoms with Crippen LogP contribution in [0.15, 0.2) is 0 Å².